The molecule has 0 aliphatic heterocycles. The molecule has 118 valence electrons. The molecule has 0 spiro atoms. The van der Waals surface area contributed by atoms with Crippen LogP contribution in [0.15, 0.2) is 23.1 Å². The molecular formula is C13H20N2O5S. The third kappa shape index (κ3) is 5.00. The van der Waals surface area contributed by atoms with Gasteiger partial charge in [0.05, 0.1) is 12.0 Å². The summed E-state index contributed by atoms with van der Waals surface area (Å²) < 4.78 is 31.5. The van der Waals surface area contributed by atoms with Crippen molar-refractivity contribution in [2.24, 2.45) is 0 Å². The smallest absolute Gasteiger partial charge is 0.339 e. The van der Waals surface area contributed by atoms with E-state index >= 15 is 0 Å². The van der Waals surface area contributed by atoms with E-state index < -0.39 is 16.0 Å². The predicted molar refractivity (Wildman–Crippen MR) is 78.3 cm³/mol. The molecule has 0 amide bonds. The fraction of sp³-hybridized carbons (Fsp3) is 0.462. The van der Waals surface area contributed by atoms with Gasteiger partial charge in [0.15, 0.2) is 0 Å². The summed E-state index contributed by atoms with van der Waals surface area (Å²) in [5.41, 5.74) is -0.187. The number of nitrogens with one attached hydrogen (secondary N) is 2. The lowest BCUT2D eigenvalue weighted by Gasteiger charge is -2.10. The van der Waals surface area contributed by atoms with Gasteiger partial charge in [0, 0.05) is 6.54 Å². The molecule has 0 radical (unpaired) electrons. The highest BCUT2D eigenvalue weighted by atomic mass is 32.2. The van der Waals surface area contributed by atoms with Gasteiger partial charge >= 0.3 is 5.97 Å². The summed E-state index contributed by atoms with van der Waals surface area (Å²) >= 11 is 0. The van der Waals surface area contributed by atoms with E-state index in [0.29, 0.717) is 13.0 Å². The van der Waals surface area contributed by atoms with Crippen molar-refractivity contribution in [1.82, 2.24) is 10.0 Å². The Morgan fingerprint density at radius 3 is 2.62 bits per heavy atom. The van der Waals surface area contributed by atoms with E-state index in [4.69, 9.17) is 9.84 Å². The van der Waals surface area contributed by atoms with Gasteiger partial charge in [0.2, 0.25) is 10.0 Å². The number of carboxylic acids is 1. The molecule has 0 unspecified atom stereocenters. The Balaban J connectivity index is 2.83. The van der Waals surface area contributed by atoms with Gasteiger partial charge in [-0.15, -0.1) is 0 Å². The molecular weight excluding hydrogens is 296 g/mol. The van der Waals surface area contributed by atoms with Gasteiger partial charge in [-0.3, -0.25) is 0 Å². The number of hydrogen-bond acceptors (Lipinski definition) is 5. The zero-order valence-electron chi connectivity index (χ0n) is 12.0. The number of rotatable bonds is 9. The molecule has 1 rings (SSSR count). The minimum atomic E-state index is -3.73. The first-order chi connectivity index (χ1) is 9.92. The molecule has 0 saturated carbocycles. The van der Waals surface area contributed by atoms with Crippen LogP contribution in [0.4, 0.5) is 0 Å². The van der Waals surface area contributed by atoms with Crippen LogP contribution in [-0.2, 0) is 10.0 Å². The largest absolute Gasteiger partial charge is 0.496 e. The average molecular weight is 316 g/mol. The first-order valence-electron chi connectivity index (χ1n) is 6.54. The van der Waals surface area contributed by atoms with Crippen LogP contribution >= 0.6 is 0 Å². The fourth-order valence-corrected chi connectivity index (χ4v) is 2.80. The molecule has 0 heterocycles. The van der Waals surface area contributed by atoms with Crippen molar-refractivity contribution in [2.75, 3.05) is 26.7 Å². The van der Waals surface area contributed by atoms with Crippen molar-refractivity contribution in [3.8, 4) is 5.75 Å². The maximum atomic E-state index is 12.1. The van der Waals surface area contributed by atoms with E-state index in [1.54, 1.807) is 0 Å². The zero-order valence-corrected chi connectivity index (χ0v) is 12.9. The van der Waals surface area contributed by atoms with Gasteiger partial charge in [-0.2, -0.15) is 0 Å². The van der Waals surface area contributed by atoms with Crippen LogP contribution in [-0.4, -0.2) is 46.2 Å². The monoisotopic (exact) mass is 316 g/mol. The first-order valence-corrected chi connectivity index (χ1v) is 8.02. The Morgan fingerprint density at radius 1 is 1.33 bits per heavy atom. The molecule has 7 nitrogen and oxygen atoms in total. The number of carbonyl (C=O) groups is 1. The van der Waals surface area contributed by atoms with Crippen LogP contribution in [0.3, 0.4) is 0 Å². The van der Waals surface area contributed by atoms with Gasteiger partial charge in [0.25, 0.3) is 0 Å². The number of benzene rings is 1. The summed E-state index contributed by atoms with van der Waals surface area (Å²) in [6.07, 6.45) is 0.648. The van der Waals surface area contributed by atoms with Crippen molar-refractivity contribution in [1.29, 1.82) is 0 Å². The van der Waals surface area contributed by atoms with E-state index in [9.17, 15) is 13.2 Å². The van der Waals surface area contributed by atoms with Crippen LogP contribution in [0.5, 0.6) is 5.75 Å². The van der Waals surface area contributed by atoms with Gasteiger partial charge in [-0.25, -0.2) is 17.9 Å². The van der Waals surface area contributed by atoms with Crippen LogP contribution in [0, 0.1) is 0 Å². The van der Waals surface area contributed by atoms with Crippen LogP contribution in [0.2, 0.25) is 0 Å². The standard InChI is InChI=1S/C13H20N2O5S/c1-3-14-7-4-8-15-21(18,19)10-5-6-12(20-2)11(9-10)13(16)17/h5-6,9,14-15H,3-4,7-8H2,1-2H3,(H,16,17). The van der Waals surface area contributed by atoms with Crippen molar-refractivity contribution in [3.05, 3.63) is 23.8 Å². The molecule has 3 N–H and O–H groups in total. The second-order valence-corrected chi connectivity index (χ2v) is 6.04. The highest BCUT2D eigenvalue weighted by Gasteiger charge is 2.18. The summed E-state index contributed by atoms with van der Waals surface area (Å²) in [7, 11) is -2.40. The topological polar surface area (TPSA) is 105 Å². The number of ether oxygens (including phenoxy) is 1. The Kier molecular flexibility index (Phi) is 6.60. The Bertz CT molecular complexity index is 586. The maximum absolute atomic E-state index is 12.1. The van der Waals surface area contributed by atoms with E-state index in [2.05, 4.69) is 10.0 Å². The Labute approximate surface area is 124 Å². The molecule has 1 aromatic carbocycles. The molecule has 0 atom stereocenters. The van der Waals surface area contributed by atoms with Crippen molar-refractivity contribution in [3.63, 3.8) is 0 Å². The summed E-state index contributed by atoms with van der Waals surface area (Å²) in [6.45, 7) is 3.79. The molecule has 0 aliphatic rings. The lowest BCUT2D eigenvalue weighted by molar-refractivity contribution is 0.0693. The minimum Gasteiger partial charge on any atom is -0.496 e. The number of hydrogen-bond donors (Lipinski definition) is 3. The van der Waals surface area contributed by atoms with Crippen molar-refractivity contribution < 1.29 is 23.1 Å². The molecule has 21 heavy (non-hydrogen) atoms. The molecule has 8 heteroatoms. The number of sulfonamides is 1. The maximum Gasteiger partial charge on any atom is 0.339 e. The molecule has 0 aromatic heterocycles. The normalized spacial score (nSPS) is 11.3. The second-order valence-electron chi connectivity index (χ2n) is 4.27. The quantitative estimate of drug-likeness (QED) is 0.578. The number of carboxylic acid groups (broad SMARTS) is 1. The number of aromatic carboxylic acids is 1. The molecule has 0 fully saturated rings. The van der Waals surface area contributed by atoms with E-state index in [1.807, 2.05) is 6.92 Å². The van der Waals surface area contributed by atoms with Crippen LogP contribution in [0.1, 0.15) is 23.7 Å². The minimum absolute atomic E-state index is 0.0934. The van der Waals surface area contributed by atoms with Crippen LogP contribution in [0.25, 0.3) is 0 Å². The highest BCUT2D eigenvalue weighted by Crippen LogP contribution is 2.22. The van der Waals surface area contributed by atoms with Gasteiger partial charge in [-0.05, 0) is 37.7 Å². The van der Waals surface area contributed by atoms with E-state index in [0.717, 1.165) is 12.6 Å². The second kappa shape index (κ2) is 7.96. The Morgan fingerprint density at radius 2 is 2.05 bits per heavy atom. The average Bonchev–Trinajstić information content (AvgIpc) is 2.46. The van der Waals surface area contributed by atoms with Crippen molar-refractivity contribution in [2.45, 2.75) is 18.2 Å². The number of methoxy groups -OCH3 is 1. The van der Waals surface area contributed by atoms with Gasteiger partial charge < -0.3 is 15.2 Å². The first kappa shape index (κ1) is 17.4. The Hall–Kier alpha value is -1.64. The third-order valence-corrected chi connectivity index (χ3v) is 4.24. The summed E-state index contributed by atoms with van der Waals surface area (Å²) in [5, 5.41) is 12.1. The zero-order chi connectivity index (χ0) is 15.9. The molecule has 0 saturated heterocycles. The van der Waals surface area contributed by atoms with Crippen LogP contribution < -0.4 is 14.8 Å². The van der Waals surface area contributed by atoms with Crippen molar-refractivity contribution >= 4 is 16.0 Å². The predicted octanol–water partition coefficient (Wildman–Crippen LogP) is 0.671. The molecule has 0 aliphatic carbocycles. The molecule has 0 bridgehead atoms. The SMILES string of the molecule is CCNCCCNS(=O)(=O)c1ccc(OC)c(C(=O)O)c1. The van der Waals surface area contributed by atoms with Gasteiger partial charge in [-0.1, -0.05) is 6.92 Å². The molecule has 1 aromatic rings. The fourth-order valence-electron chi connectivity index (χ4n) is 1.70. The third-order valence-electron chi connectivity index (χ3n) is 2.78. The van der Waals surface area contributed by atoms with Gasteiger partial charge in [0.1, 0.15) is 11.3 Å². The summed E-state index contributed by atoms with van der Waals surface area (Å²) in [4.78, 5) is 11.0. The van der Waals surface area contributed by atoms with E-state index in [1.165, 1.54) is 19.2 Å². The summed E-state index contributed by atoms with van der Waals surface area (Å²) in [6, 6.07) is 3.74. The summed E-state index contributed by atoms with van der Waals surface area (Å²) in [5.74, 6) is -1.12. The van der Waals surface area contributed by atoms with E-state index in [-0.39, 0.29) is 22.8 Å². The lowest BCUT2D eigenvalue weighted by Crippen LogP contribution is -2.27. The lowest BCUT2D eigenvalue weighted by atomic mass is 10.2. The highest BCUT2D eigenvalue weighted by molar-refractivity contribution is 7.89.